The van der Waals surface area contributed by atoms with Crippen LogP contribution < -0.4 is 0 Å². The minimum atomic E-state index is -0.290. The van der Waals surface area contributed by atoms with Crippen molar-refractivity contribution >= 4 is 11.8 Å². The van der Waals surface area contributed by atoms with Crippen molar-refractivity contribution in [3.8, 4) is 0 Å². The number of esters is 1. The highest BCUT2D eigenvalue weighted by atomic mass is 16.5. The molecule has 0 N–H and O–H groups in total. The summed E-state index contributed by atoms with van der Waals surface area (Å²) in [5.74, 6) is -0.477. The normalized spacial score (nSPS) is 19.0. The molecule has 1 aromatic heterocycles. The highest BCUT2D eigenvalue weighted by molar-refractivity contribution is 5.99. The quantitative estimate of drug-likeness (QED) is 0.701. The van der Waals surface area contributed by atoms with Gasteiger partial charge in [-0.2, -0.15) is 0 Å². The van der Waals surface area contributed by atoms with E-state index < -0.39 is 0 Å². The van der Waals surface area contributed by atoms with Crippen molar-refractivity contribution in [1.29, 1.82) is 0 Å². The van der Waals surface area contributed by atoms with Gasteiger partial charge >= 0.3 is 5.97 Å². The molecule has 0 amide bonds. The van der Waals surface area contributed by atoms with Gasteiger partial charge in [0.05, 0.1) is 24.6 Å². The number of hydrogen-bond donors (Lipinski definition) is 0. The van der Waals surface area contributed by atoms with Crippen LogP contribution in [0.1, 0.15) is 23.8 Å². The summed E-state index contributed by atoms with van der Waals surface area (Å²) >= 11 is 0. The minimum absolute atomic E-state index is 0.0491. The molecule has 0 spiro atoms. The standard InChI is InChI=1S/C11H13NO3/c1-2-15-10(13)6-8-7-12-5-3-4-9(12)11(8)14/h3-5,8H,2,6-7H2,1H3/t8-/m0/s1. The molecule has 1 aliphatic rings. The maximum Gasteiger partial charge on any atom is 0.306 e. The Kier molecular flexibility index (Phi) is 2.58. The summed E-state index contributed by atoms with van der Waals surface area (Å²) in [5.41, 5.74) is 0.698. The molecule has 2 heterocycles. The van der Waals surface area contributed by atoms with E-state index in [0.717, 1.165) is 0 Å². The van der Waals surface area contributed by atoms with Gasteiger partial charge in [-0.1, -0.05) is 0 Å². The Bertz CT molecular complexity index is 394. The smallest absolute Gasteiger partial charge is 0.306 e. The van der Waals surface area contributed by atoms with E-state index in [1.807, 2.05) is 16.8 Å². The lowest BCUT2D eigenvalue weighted by Gasteiger charge is -2.06. The summed E-state index contributed by atoms with van der Waals surface area (Å²) in [6.45, 7) is 2.73. The first kappa shape index (κ1) is 9.96. The van der Waals surface area contributed by atoms with E-state index in [-0.39, 0.29) is 24.1 Å². The monoisotopic (exact) mass is 207 g/mol. The molecule has 0 fully saturated rings. The molecule has 80 valence electrons. The SMILES string of the molecule is CCOC(=O)C[C@H]1Cn2cccc2C1=O. The highest BCUT2D eigenvalue weighted by Gasteiger charge is 2.31. The molecule has 0 bridgehead atoms. The van der Waals surface area contributed by atoms with Gasteiger partial charge in [-0.25, -0.2) is 0 Å². The summed E-state index contributed by atoms with van der Waals surface area (Å²) in [6.07, 6.45) is 2.05. The molecule has 2 rings (SSSR count). The molecule has 0 saturated carbocycles. The van der Waals surface area contributed by atoms with Crippen LogP contribution in [-0.4, -0.2) is 22.9 Å². The average Bonchev–Trinajstić information content (AvgIpc) is 2.72. The molecule has 4 nitrogen and oxygen atoms in total. The minimum Gasteiger partial charge on any atom is -0.466 e. The summed E-state index contributed by atoms with van der Waals surface area (Å²) in [4.78, 5) is 23.0. The van der Waals surface area contributed by atoms with E-state index in [1.165, 1.54) is 0 Å². The van der Waals surface area contributed by atoms with Crippen molar-refractivity contribution in [3.63, 3.8) is 0 Å². The van der Waals surface area contributed by atoms with Crippen LogP contribution in [0.15, 0.2) is 18.3 Å². The van der Waals surface area contributed by atoms with Gasteiger partial charge in [0.25, 0.3) is 0 Å². The Hall–Kier alpha value is -1.58. The molecule has 0 unspecified atom stereocenters. The lowest BCUT2D eigenvalue weighted by atomic mass is 10.0. The fraction of sp³-hybridized carbons (Fsp3) is 0.455. The second-order valence-electron chi connectivity index (χ2n) is 3.62. The number of rotatable bonds is 3. The van der Waals surface area contributed by atoms with Crippen molar-refractivity contribution in [2.45, 2.75) is 19.9 Å². The van der Waals surface area contributed by atoms with E-state index in [0.29, 0.717) is 18.8 Å². The van der Waals surface area contributed by atoms with Crippen LogP contribution in [-0.2, 0) is 16.1 Å². The fourth-order valence-electron chi connectivity index (χ4n) is 1.90. The Balaban J connectivity index is 2.01. The fourth-order valence-corrected chi connectivity index (χ4v) is 1.90. The molecule has 15 heavy (non-hydrogen) atoms. The van der Waals surface area contributed by atoms with Gasteiger partial charge in [-0.15, -0.1) is 0 Å². The van der Waals surface area contributed by atoms with Gasteiger partial charge in [0.1, 0.15) is 0 Å². The summed E-state index contributed by atoms with van der Waals surface area (Å²) in [7, 11) is 0. The van der Waals surface area contributed by atoms with Crippen LogP contribution in [0, 0.1) is 5.92 Å². The van der Waals surface area contributed by atoms with Crippen LogP contribution in [0.3, 0.4) is 0 Å². The molecule has 0 radical (unpaired) electrons. The van der Waals surface area contributed by atoms with Crippen LogP contribution in [0.4, 0.5) is 0 Å². The predicted molar refractivity (Wildman–Crippen MR) is 53.5 cm³/mol. The first-order chi connectivity index (χ1) is 7.22. The summed E-state index contributed by atoms with van der Waals surface area (Å²) in [5, 5.41) is 0. The molecule has 0 aromatic carbocycles. The molecule has 0 aliphatic carbocycles. The third-order valence-corrected chi connectivity index (χ3v) is 2.59. The Morgan fingerprint density at radius 3 is 3.13 bits per heavy atom. The third-order valence-electron chi connectivity index (χ3n) is 2.59. The van der Waals surface area contributed by atoms with Gasteiger partial charge < -0.3 is 9.30 Å². The molecular formula is C11H13NO3. The Morgan fingerprint density at radius 2 is 2.47 bits per heavy atom. The molecule has 1 aromatic rings. The number of aromatic nitrogens is 1. The zero-order valence-corrected chi connectivity index (χ0v) is 8.60. The van der Waals surface area contributed by atoms with Crippen molar-refractivity contribution in [2.24, 2.45) is 5.92 Å². The Morgan fingerprint density at radius 1 is 1.67 bits per heavy atom. The maximum absolute atomic E-state index is 11.8. The number of carbonyl (C=O) groups is 2. The number of hydrogen-bond acceptors (Lipinski definition) is 3. The van der Waals surface area contributed by atoms with E-state index >= 15 is 0 Å². The van der Waals surface area contributed by atoms with Gasteiger partial charge in [-0.05, 0) is 19.1 Å². The van der Waals surface area contributed by atoms with Crippen molar-refractivity contribution in [1.82, 2.24) is 4.57 Å². The van der Waals surface area contributed by atoms with Gasteiger partial charge in [0.15, 0.2) is 5.78 Å². The molecule has 0 saturated heterocycles. The van der Waals surface area contributed by atoms with Gasteiger partial charge in [-0.3, -0.25) is 9.59 Å². The number of carbonyl (C=O) groups excluding carboxylic acids is 2. The topological polar surface area (TPSA) is 48.3 Å². The molecular weight excluding hydrogens is 194 g/mol. The van der Waals surface area contributed by atoms with Crippen LogP contribution in [0.2, 0.25) is 0 Å². The van der Waals surface area contributed by atoms with E-state index in [1.54, 1.807) is 13.0 Å². The number of ketones is 1. The number of fused-ring (bicyclic) bond motifs is 1. The average molecular weight is 207 g/mol. The van der Waals surface area contributed by atoms with Gasteiger partial charge in [0.2, 0.25) is 0 Å². The van der Waals surface area contributed by atoms with E-state index in [4.69, 9.17) is 4.74 Å². The first-order valence-electron chi connectivity index (χ1n) is 5.07. The Labute approximate surface area is 87.8 Å². The van der Waals surface area contributed by atoms with Gasteiger partial charge in [0, 0.05) is 12.7 Å². The summed E-state index contributed by atoms with van der Waals surface area (Å²) in [6, 6.07) is 3.63. The molecule has 4 heteroatoms. The lowest BCUT2D eigenvalue weighted by Crippen LogP contribution is -2.16. The zero-order valence-electron chi connectivity index (χ0n) is 8.60. The second-order valence-corrected chi connectivity index (χ2v) is 3.62. The number of Topliss-reactive ketones (excluding diaryl/α,β-unsaturated/α-hetero) is 1. The first-order valence-corrected chi connectivity index (χ1v) is 5.07. The van der Waals surface area contributed by atoms with Crippen LogP contribution in [0.5, 0.6) is 0 Å². The van der Waals surface area contributed by atoms with Crippen LogP contribution in [0.25, 0.3) is 0 Å². The van der Waals surface area contributed by atoms with Crippen molar-refractivity contribution in [3.05, 3.63) is 24.0 Å². The highest BCUT2D eigenvalue weighted by Crippen LogP contribution is 2.23. The molecule has 1 atom stereocenters. The van der Waals surface area contributed by atoms with Crippen molar-refractivity contribution in [2.75, 3.05) is 6.61 Å². The summed E-state index contributed by atoms with van der Waals surface area (Å²) < 4.78 is 6.71. The number of ether oxygens (including phenoxy) is 1. The molecule has 1 aliphatic heterocycles. The number of nitrogens with zero attached hydrogens (tertiary/aromatic N) is 1. The van der Waals surface area contributed by atoms with E-state index in [9.17, 15) is 9.59 Å². The third kappa shape index (κ3) is 1.79. The lowest BCUT2D eigenvalue weighted by molar-refractivity contribution is -0.143. The van der Waals surface area contributed by atoms with E-state index in [2.05, 4.69) is 0 Å². The second kappa shape index (κ2) is 3.88. The predicted octanol–water partition coefficient (Wildman–Crippen LogP) is 1.25. The van der Waals surface area contributed by atoms with Crippen molar-refractivity contribution < 1.29 is 14.3 Å². The van der Waals surface area contributed by atoms with Crippen LogP contribution >= 0.6 is 0 Å². The zero-order chi connectivity index (χ0) is 10.8. The maximum atomic E-state index is 11.8. The largest absolute Gasteiger partial charge is 0.466 e.